The van der Waals surface area contributed by atoms with E-state index in [2.05, 4.69) is 4.57 Å². The largest absolute Gasteiger partial charge is 0.497 e. The van der Waals surface area contributed by atoms with Crippen molar-refractivity contribution < 1.29 is 14.6 Å². The first-order valence-electron chi connectivity index (χ1n) is 9.76. The van der Waals surface area contributed by atoms with Gasteiger partial charge in [0.25, 0.3) is 0 Å². The Hall–Kier alpha value is -3.02. The van der Waals surface area contributed by atoms with Gasteiger partial charge in [0.1, 0.15) is 30.0 Å². The third-order valence-electron chi connectivity index (χ3n) is 4.90. The highest BCUT2D eigenvalue weighted by molar-refractivity contribution is 6.30. The Morgan fingerprint density at radius 2 is 1.67 bits per heavy atom. The molecular formula is C24H23ClN2O3. The van der Waals surface area contributed by atoms with E-state index in [1.165, 1.54) is 0 Å². The van der Waals surface area contributed by atoms with E-state index >= 15 is 0 Å². The summed E-state index contributed by atoms with van der Waals surface area (Å²) in [5.41, 5.74) is 3.01. The third-order valence-corrected chi connectivity index (χ3v) is 5.16. The number of aliphatic hydroxyl groups is 1. The van der Waals surface area contributed by atoms with Crippen molar-refractivity contribution in [3.8, 4) is 11.5 Å². The lowest BCUT2D eigenvalue weighted by atomic mass is 10.1. The Balaban J connectivity index is 1.50. The van der Waals surface area contributed by atoms with Gasteiger partial charge in [-0.2, -0.15) is 0 Å². The van der Waals surface area contributed by atoms with Crippen LogP contribution in [0, 0.1) is 0 Å². The van der Waals surface area contributed by atoms with Gasteiger partial charge in [-0.1, -0.05) is 35.9 Å². The second kappa shape index (κ2) is 9.20. The zero-order valence-corrected chi connectivity index (χ0v) is 17.4. The molecule has 1 aromatic heterocycles. The minimum Gasteiger partial charge on any atom is -0.497 e. The molecule has 0 spiro atoms. The number of aromatic nitrogens is 2. The number of imidazole rings is 1. The van der Waals surface area contributed by atoms with Crippen LogP contribution in [0.3, 0.4) is 0 Å². The molecule has 30 heavy (non-hydrogen) atoms. The van der Waals surface area contributed by atoms with Crippen LogP contribution < -0.4 is 9.47 Å². The van der Waals surface area contributed by atoms with Crippen LogP contribution in [-0.2, 0) is 13.0 Å². The molecule has 0 aliphatic heterocycles. The van der Waals surface area contributed by atoms with Crippen molar-refractivity contribution in [1.29, 1.82) is 0 Å². The molecule has 1 atom stereocenters. The van der Waals surface area contributed by atoms with Crippen molar-refractivity contribution >= 4 is 22.6 Å². The van der Waals surface area contributed by atoms with Crippen molar-refractivity contribution in [3.05, 3.63) is 89.2 Å². The molecule has 0 aliphatic rings. The lowest BCUT2D eigenvalue weighted by Crippen LogP contribution is -2.24. The molecule has 0 fully saturated rings. The van der Waals surface area contributed by atoms with E-state index in [9.17, 15) is 5.11 Å². The van der Waals surface area contributed by atoms with E-state index in [4.69, 9.17) is 26.1 Å². The smallest absolute Gasteiger partial charge is 0.119 e. The molecule has 0 radical (unpaired) electrons. The Kier molecular flexibility index (Phi) is 6.21. The highest BCUT2D eigenvalue weighted by Crippen LogP contribution is 2.21. The molecule has 0 unspecified atom stereocenters. The Morgan fingerprint density at radius 3 is 2.40 bits per heavy atom. The number of para-hydroxylation sites is 2. The summed E-state index contributed by atoms with van der Waals surface area (Å²) in [6.45, 7) is 0.568. The van der Waals surface area contributed by atoms with Crippen LogP contribution in [0.1, 0.15) is 11.4 Å². The summed E-state index contributed by atoms with van der Waals surface area (Å²) >= 11 is 6.01. The molecule has 0 aliphatic carbocycles. The molecule has 4 aromatic rings. The van der Waals surface area contributed by atoms with Crippen LogP contribution in [-0.4, -0.2) is 34.5 Å². The number of rotatable bonds is 8. The average molecular weight is 423 g/mol. The summed E-state index contributed by atoms with van der Waals surface area (Å²) in [5.74, 6) is 2.34. The highest BCUT2D eigenvalue weighted by Gasteiger charge is 2.15. The fourth-order valence-electron chi connectivity index (χ4n) is 3.38. The minimum absolute atomic E-state index is 0.180. The van der Waals surface area contributed by atoms with E-state index in [0.29, 0.717) is 23.7 Å². The Labute approximate surface area is 180 Å². The molecule has 0 saturated heterocycles. The maximum Gasteiger partial charge on any atom is 0.119 e. The Bertz CT molecular complexity index is 1110. The molecule has 0 saturated carbocycles. The van der Waals surface area contributed by atoms with Gasteiger partial charge in [0, 0.05) is 11.4 Å². The summed E-state index contributed by atoms with van der Waals surface area (Å²) in [6, 6.07) is 23.0. The maximum absolute atomic E-state index is 10.7. The molecule has 6 heteroatoms. The maximum atomic E-state index is 10.7. The fourth-order valence-corrected chi connectivity index (χ4v) is 3.50. The van der Waals surface area contributed by atoms with Crippen LogP contribution in [0.5, 0.6) is 11.5 Å². The number of hydrogen-bond acceptors (Lipinski definition) is 4. The molecule has 1 N–H and O–H groups in total. The number of hydrogen-bond donors (Lipinski definition) is 1. The van der Waals surface area contributed by atoms with Gasteiger partial charge >= 0.3 is 0 Å². The second-order valence-corrected chi connectivity index (χ2v) is 7.51. The fraction of sp³-hybridized carbons (Fsp3) is 0.208. The first-order valence-corrected chi connectivity index (χ1v) is 10.1. The van der Waals surface area contributed by atoms with Gasteiger partial charge in [0.05, 0.1) is 24.7 Å². The van der Waals surface area contributed by atoms with E-state index in [0.717, 1.165) is 28.2 Å². The van der Waals surface area contributed by atoms with Crippen LogP contribution in [0.15, 0.2) is 72.8 Å². The average Bonchev–Trinajstić information content (AvgIpc) is 3.11. The number of methoxy groups -OCH3 is 1. The molecule has 0 amide bonds. The normalized spacial score (nSPS) is 12.1. The molecule has 0 bridgehead atoms. The summed E-state index contributed by atoms with van der Waals surface area (Å²) in [4.78, 5) is 4.78. The first kappa shape index (κ1) is 20.3. The zero-order valence-electron chi connectivity index (χ0n) is 16.7. The van der Waals surface area contributed by atoms with Crippen LogP contribution >= 0.6 is 11.6 Å². The second-order valence-electron chi connectivity index (χ2n) is 7.07. The first-order chi connectivity index (χ1) is 14.6. The summed E-state index contributed by atoms with van der Waals surface area (Å²) in [7, 11) is 1.62. The number of fused-ring (bicyclic) bond motifs is 1. The number of halogens is 1. The highest BCUT2D eigenvalue weighted by atomic mass is 35.5. The Morgan fingerprint density at radius 1 is 0.967 bits per heavy atom. The van der Waals surface area contributed by atoms with Gasteiger partial charge in [0.2, 0.25) is 0 Å². The van der Waals surface area contributed by atoms with Crippen LogP contribution in [0.4, 0.5) is 0 Å². The van der Waals surface area contributed by atoms with Crippen molar-refractivity contribution in [1.82, 2.24) is 9.55 Å². The SMILES string of the molecule is COc1ccc(OC[C@@H](O)Cn2c(Cc3ccc(Cl)cc3)nc3ccccc32)cc1. The van der Waals surface area contributed by atoms with Gasteiger partial charge in [-0.05, 0) is 54.1 Å². The van der Waals surface area contributed by atoms with Gasteiger partial charge < -0.3 is 19.1 Å². The van der Waals surface area contributed by atoms with Crippen LogP contribution in [0.25, 0.3) is 11.0 Å². The third kappa shape index (κ3) is 4.75. The summed E-state index contributed by atoms with van der Waals surface area (Å²) in [6.07, 6.45) is -0.0357. The predicted molar refractivity (Wildman–Crippen MR) is 118 cm³/mol. The standard InChI is InChI=1S/C24H23ClN2O3/c1-29-20-10-12-21(13-11-20)30-16-19(28)15-27-23-5-3-2-4-22(23)26-24(27)14-17-6-8-18(25)9-7-17/h2-13,19,28H,14-16H2,1H3/t19-/m0/s1. The van der Waals surface area contributed by atoms with Crippen LogP contribution in [0.2, 0.25) is 5.02 Å². The molecule has 3 aromatic carbocycles. The van der Waals surface area contributed by atoms with E-state index < -0.39 is 6.10 Å². The van der Waals surface area contributed by atoms with Crippen molar-refractivity contribution in [2.24, 2.45) is 0 Å². The lowest BCUT2D eigenvalue weighted by Gasteiger charge is -2.16. The van der Waals surface area contributed by atoms with Gasteiger partial charge in [-0.15, -0.1) is 0 Å². The van der Waals surface area contributed by atoms with Crippen molar-refractivity contribution in [2.45, 2.75) is 19.1 Å². The van der Waals surface area contributed by atoms with E-state index in [1.54, 1.807) is 7.11 Å². The van der Waals surface area contributed by atoms with Gasteiger partial charge in [-0.3, -0.25) is 0 Å². The zero-order chi connectivity index (χ0) is 20.9. The number of aliphatic hydroxyl groups excluding tert-OH is 1. The monoisotopic (exact) mass is 422 g/mol. The lowest BCUT2D eigenvalue weighted by molar-refractivity contribution is 0.0928. The summed E-state index contributed by atoms with van der Waals surface area (Å²) < 4.78 is 13.0. The minimum atomic E-state index is -0.686. The molecule has 1 heterocycles. The molecule has 5 nitrogen and oxygen atoms in total. The number of ether oxygens (including phenoxy) is 2. The topological polar surface area (TPSA) is 56.5 Å². The van der Waals surface area contributed by atoms with E-state index in [-0.39, 0.29) is 6.61 Å². The van der Waals surface area contributed by atoms with Gasteiger partial charge in [-0.25, -0.2) is 4.98 Å². The van der Waals surface area contributed by atoms with Crippen molar-refractivity contribution in [3.63, 3.8) is 0 Å². The van der Waals surface area contributed by atoms with E-state index in [1.807, 2.05) is 72.8 Å². The molecule has 154 valence electrons. The quantitative estimate of drug-likeness (QED) is 0.446. The molecular weight excluding hydrogens is 400 g/mol. The van der Waals surface area contributed by atoms with Gasteiger partial charge in [0.15, 0.2) is 0 Å². The molecule has 4 rings (SSSR count). The van der Waals surface area contributed by atoms with Crippen molar-refractivity contribution in [2.75, 3.05) is 13.7 Å². The number of benzene rings is 3. The number of nitrogens with zero attached hydrogens (tertiary/aromatic N) is 2. The predicted octanol–water partition coefficient (Wildman–Crippen LogP) is 4.73. The summed E-state index contributed by atoms with van der Waals surface area (Å²) in [5, 5.41) is 11.4.